The SMILES string of the molecule is COCc1cc(Cl)nc(-c2ccc(Br)c(Cl)c2)n1. The molecule has 0 saturated carbocycles. The van der Waals surface area contributed by atoms with Crippen molar-refractivity contribution >= 4 is 39.1 Å². The van der Waals surface area contributed by atoms with Crippen LogP contribution >= 0.6 is 39.1 Å². The number of hydrogen-bond donors (Lipinski definition) is 0. The third kappa shape index (κ3) is 3.20. The molecule has 1 heterocycles. The highest BCUT2D eigenvalue weighted by Crippen LogP contribution is 2.27. The minimum Gasteiger partial charge on any atom is -0.378 e. The molecule has 1 aromatic heterocycles. The van der Waals surface area contributed by atoms with Gasteiger partial charge in [-0.3, -0.25) is 0 Å². The van der Waals surface area contributed by atoms with Crippen LogP contribution in [-0.2, 0) is 11.3 Å². The van der Waals surface area contributed by atoms with Gasteiger partial charge >= 0.3 is 0 Å². The molecule has 0 radical (unpaired) electrons. The van der Waals surface area contributed by atoms with Crippen molar-refractivity contribution in [2.45, 2.75) is 6.61 Å². The molecule has 0 spiro atoms. The Morgan fingerprint density at radius 1 is 1.22 bits per heavy atom. The number of ether oxygens (including phenoxy) is 1. The highest BCUT2D eigenvalue weighted by molar-refractivity contribution is 9.10. The molecule has 18 heavy (non-hydrogen) atoms. The Hall–Kier alpha value is -0.680. The third-order valence-electron chi connectivity index (χ3n) is 2.22. The van der Waals surface area contributed by atoms with Crippen LogP contribution in [-0.4, -0.2) is 17.1 Å². The lowest BCUT2D eigenvalue weighted by Gasteiger charge is -2.05. The van der Waals surface area contributed by atoms with Crippen molar-refractivity contribution < 1.29 is 4.74 Å². The second kappa shape index (κ2) is 5.97. The maximum absolute atomic E-state index is 6.04. The van der Waals surface area contributed by atoms with Crippen molar-refractivity contribution in [3.63, 3.8) is 0 Å². The molecule has 0 bridgehead atoms. The topological polar surface area (TPSA) is 35.0 Å². The summed E-state index contributed by atoms with van der Waals surface area (Å²) in [5.41, 5.74) is 1.54. The van der Waals surface area contributed by atoms with E-state index >= 15 is 0 Å². The third-order valence-corrected chi connectivity index (χ3v) is 3.64. The molecule has 0 unspecified atom stereocenters. The van der Waals surface area contributed by atoms with Crippen LogP contribution < -0.4 is 0 Å². The van der Waals surface area contributed by atoms with Gasteiger partial charge in [0.2, 0.25) is 0 Å². The van der Waals surface area contributed by atoms with Crippen LogP contribution in [0.15, 0.2) is 28.7 Å². The van der Waals surface area contributed by atoms with Gasteiger partial charge in [-0.1, -0.05) is 23.2 Å². The first-order chi connectivity index (χ1) is 8.60. The number of hydrogen-bond acceptors (Lipinski definition) is 3. The molecular weight excluding hydrogens is 339 g/mol. The largest absolute Gasteiger partial charge is 0.378 e. The Labute approximate surface area is 123 Å². The van der Waals surface area contributed by atoms with Crippen LogP contribution in [0, 0.1) is 0 Å². The summed E-state index contributed by atoms with van der Waals surface area (Å²) in [5.74, 6) is 0.531. The molecule has 0 aliphatic carbocycles. The minimum atomic E-state index is 0.381. The van der Waals surface area contributed by atoms with Gasteiger partial charge in [-0.25, -0.2) is 9.97 Å². The molecule has 0 aliphatic rings. The van der Waals surface area contributed by atoms with Gasteiger partial charge in [-0.05, 0) is 40.2 Å². The smallest absolute Gasteiger partial charge is 0.161 e. The molecule has 0 atom stereocenters. The van der Waals surface area contributed by atoms with Gasteiger partial charge in [0, 0.05) is 17.1 Å². The minimum absolute atomic E-state index is 0.381. The molecule has 0 saturated heterocycles. The average Bonchev–Trinajstić information content (AvgIpc) is 2.32. The van der Waals surface area contributed by atoms with E-state index in [0.29, 0.717) is 22.6 Å². The molecule has 3 nitrogen and oxygen atoms in total. The second-order valence-electron chi connectivity index (χ2n) is 3.57. The number of benzene rings is 1. The van der Waals surface area contributed by atoms with Crippen molar-refractivity contribution in [1.29, 1.82) is 0 Å². The van der Waals surface area contributed by atoms with Crippen LogP contribution in [0.4, 0.5) is 0 Å². The highest BCUT2D eigenvalue weighted by atomic mass is 79.9. The van der Waals surface area contributed by atoms with Gasteiger partial charge in [0.1, 0.15) is 5.15 Å². The molecule has 0 amide bonds. The Morgan fingerprint density at radius 3 is 2.67 bits per heavy atom. The van der Waals surface area contributed by atoms with E-state index in [2.05, 4.69) is 25.9 Å². The summed E-state index contributed by atoms with van der Waals surface area (Å²) in [5, 5.41) is 0.982. The number of methoxy groups -OCH3 is 1. The number of halogens is 3. The van der Waals surface area contributed by atoms with Crippen LogP contribution in [0.5, 0.6) is 0 Å². The summed E-state index contributed by atoms with van der Waals surface area (Å²) < 4.78 is 5.86. The van der Waals surface area contributed by atoms with Crippen molar-refractivity contribution in [3.8, 4) is 11.4 Å². The molecule has 0 N–H and O–H groups in total. The maximum atomic E-state index is 6.04. The first kappa shape index (κ1) is 13.7. The molecule has 6 heteroatoms. The summed E-state index contributed by atoms with van der Waals surface area (Å²) >= 11 is 15.3. The van der Waals surface area contributed by atoms with Gasteiger partial charge < -0.3 is 4.74 Å². The molecule has 0 aliphatic heterocycles. The zero-order valence-electron chi connectivity index (χ0n) is 9.45. The van der Waals surface area contributed by atoms with Gasteiger partial charge in [0.15, 0.2) is 5.82 Å². The van der Waals surface area contributed by atoms with E-state index in [9.17, 15) is 0 Å². The number of nitrogens with zero attached hydrogens (tertiary/aromatic N) is 2. The van der Waals surface area contributed by atoms with Gasteiger partial charge in [0.05, 0.1) is 17.3 Å². The molecule has 2 aromatic rings. The molecule has 1 aromatic carbocycles. The summed E-state index contributed by atoms with van der Waals surface area (Å²) in [6.45, 7) is 0.388. The fraction of sp³-hybridized carbons (Fsp3) is 0.167. The van der Waals surface area contributed by atoms with E-state index in [4.69, 9.17) is 27.9 Å². The molecular formula is C12H9BrCl2N2O. The van der Waals surface area contributed by atoms with Crippen molar-refractivity contribution in [2.75, 3.05) is 7.11 Å². The van der Waals surface area contributed by atoms with E-state index in [-0.39, 0.29) is 0 Å². The fourth-order valence-electron chi connectivity index (χ4n) is 1.45. The Balaban J connectivity index is 2.46. The number of rotatable bonds is 3. The zero-order valence-corrected chi connectivity index (χ0v) is 12.6. The summed E-state index contributed by atoms with van der Waals surface area (Å²) in [6.07, 6.45) is 0. The lowest BCUT2D eigenvalue weighted by molar-refractivity contribution is 0.181. The van der Waals surface area contributed by atoms with Crippen molar-refractivity contribution in [2.24, 2.45) is 0 Å². The summed E-state index contributed by atoms with van der Waals surface area (Å²) in [6, 6.07) is 7.18. The van der Waals surface area contributed by atoms with E-state index < -0.39 is 0 Å². The Morgan fingerprint density at radius 2 is 2.00 bits per heavy atom. The monoisotopic (exact) mass is 346 g/mol. The van der Waals surface area contributed by atoms with Gasteiger partial charge in [-0.15, -0.1) is 0 Å². The van der Waals surface area contributed by atoms with E-state index in [1.54, 1.807) is 19.2 Å². The predicted molar refractivity (Wildman–Crippen MR) is 75.9 cm³/mol. The maximum Gasteiger partial charge on any atom is 0.161 e. The first-order valence-electron chi connectivity index (χ1n) is 5.08. The second-order valence-corrected chi connectivity index (χ2v) is 5.22. The summed E-state index contributed by atoms with van der Waals surface area (Å²) in [7, 11) is 1.60. The van der Waals surface area contributed by atoms with Crippen LogP contribution in [0.25, 0.3) is 11.4 Å². The quantitative estimate of drug-likeness (QED) is 0.774. The summed E-state index contributed by atoms with van der Waals surface area (Å²) in [4.78, 5) is 8.55. The zero-order chi connectivity index (χ0) is 13.1. The first-order valence-corrected chi connectivity index (χ1v) is 6.63. The average molecular weight is 348 g/mol. The Kier molecular flexibility index (Phi) is 4.56. The van der Waals surface area contributed by atoms with Gasteiger partial charge in [-0.2, -0.15) is 0 Å². The molecule has 0 fully saturated rings. The van der Waals surface area contributed by atoms with Crippen LogP contribution in [0.3, 0.4) is 0 Å². The highest BCUT2D eigenvalue weighted by Gasteiger charge is 2.07. The normalized spacial score (nSPS) is 10.7. The van der Waals surface area contributed by atoms with Crippen LogP contribution in [0.2, 0.25) is 10.2 Å². The van der Waals surface area contributed by atoms with E-state index in [0.717, 1.165) is 15.7 Å². The van der Waals surface area contributed by atoms with Crippen LogP contribution in [0.1, 0.15) is 5.69 Å². The molecule has 94 valence electrons. The fourth-order valence-corrected chi connectivity index (χ4v) is 2.08. The van der Waals surface area contributed by atoms with E-state index in [1.165, 1.54) is 0 Å². The lowest BCUT2D eigenvalue weighted by atomic mass is 10.2. The predicted octanol–water partition coefficient (Wildman–Crippen LogP) is 4.36. The Bertz CT molecular complexity index is 578. The standard InChI is InChI=1S/C12H9BrCl2N2O/c1-18-6-8-5-11(15)17-12(16-8)7-2-3-9(13)10(14)4-7/h2-5H,6H2,1H3. The molecule has 2 rings (SSSR count). The van der Waals surface area contributed by atoms with Crippen molar-refractivity contribution in [1.82, 2.24) is 9.97 Å². The number of aromatic nitrogens is 2. The van der Waals surface area contributed by atoms with E-state index in [1.807, 2.05) is 12.1 Å². The van der Waals surface area contributed by atoms with Crippen molar-refractivity contribution in [3.05, 3.63) is 44.6 Å². The lowest BCUT2D eigenvalue weighted by Crippen LogP contribution is -1.97. The van der Waals surface area contributed by atoms with Gasteiger partial charge in [0.25, 0.3) is 0 Å².